The van der Waals surface area contributed by atoms with E-state index < -0.39 is 10.0 Å². The van der Waals surface area contributed by atoms with E-state index in [0.717, 1.165) is 11.1 Å². The Hall–Kier alpha value is -2.44. The van der Waals surface area contributed by atoms with Crippen LogP contribution in [0.2, 0.25) is 0 Å². The molecule has 138 valence electrons. The van der Waals surface area contributed by atoms with E-state index in [-0.39, 0.29) is 17.3 Å². The third-order valence-corrected chi connectivity index (χ3v) is 5.52. The van der Waals surface area contributed by atoms with Crippen LogP contribution in [0.5, 0.6) is 0 Å². The van der Waals surface area contributed by atoms with Crippen LogP contribution in [0.25, 0.3) is 0 Å². The molecule has 0 bridgehead atoms. The Bertz CT molecular complexity index is 891. The number of hydrogen-bond acceptors (Lipinski definition) is 3. The molecule has 0 aromatic heterocycles. The number of carbonyl (C=O) groups excluding carboxylic acids is 1. The van der Waals surface area contributed by atoms with Crippen LogP contribution in [0, 0.1) is 6.92 Å². The van der Waals surface area contributed by atoms with E-state index in [0.29, 0.717) is 18.7 Å². The molecule has 1 N–H and O–H groups in total. The number of rotatable bonds is 8. The van der Waals surface area contributed by atoms with E-state index in [9.17, 15) is 13.2 Å². The van der Waals surface area contributed by atoms with Crippen molar-refractivity contribution in [3.05, 3.63) is 77.9 Å². The number of benzene rings is 2. The summed E-state index contributed by atoms with van der Waals surface area (Å²) in [4.78, 5) is 14.6. The molecule has 0 saturated heterocycles. The Morgan fingerprint density at radius 2 is 1.92 bits per heavy atom. The highest BCUT2D eigenvalue weighted by Gasteiger charge is 2.19. The molecule has 0 aliphatic rings. The summed E-state index contributed by atoms with van der Waals surface area (Å²) in [6, 6.07) is 14.0. The molecule has 26 heavy (non-hydrogen) atoms. The van der Waals surface area contributed by atoms with Gasteiger partial charge in [-0.2, -0.15) is 0 Å². The average molecular weight is 372 g/mol. The predicted octanol–water partition coefficient (Wildman–Crippen LogP) is 3.12. The third kappa shape index (κ3) is 4.80. The third-order valence-electron chi connectivity index (χ3n) is 4.10. The lowest BCUT2D eigenvalue weighted by Gasteiger charge is -2.22. The fraction of sp³-hybridized carbons (Fsp3) is 0.250. The van der Waals surface area contributed by atoms with Gasteiger partial charge in [-0.3, -0.25) is 4.79 Å². The Morgan fingerprint density at radius 3 is 2.58 bits per heavy atom. The minimum Gasteiger partial charge on any atom is -0.335 e. The minimum atomic E-state index is -3.67. The van der Waals surface area contributed by atoms with Crippen LogP contribution in [0.4, 0.5) is 0 Å². The van der Waals surface area contributed by atoms with Crippen molar-refractivity contribution in [2.45, 2.75) is 25.3 Å². The molecule has 0 atom stereocenters. The van der Waals surface area contributed by atoms with Gasteiger partial charge in [-0.05, 0) is 43.2 Å². The highest BCUT2D eigenvalue weighted by atomic mass is 32.2. The van der Waals surface area contributed by atoms with Crippen LogP contribution >= 0.6 is 0 Å². The van der Waals surface area contributed by atoms with Gasteiger partial charge in [0.2, 0.25) is 10.0 Å². The molecule has 0 unspecified atom stereocenters. The van der Waals surface area contributed by atoms with Gasteiger partial charge in [-0.15, -0.1) is 6.58 Å². The van der Waals surface area contributed by atoms with E-state index in [1.54, 1.807) is 17.0 Å². The number of carbonyl (C=O) groups is 1. The predicted molar refractivity (Wildman–Crippen MR) is 103 cm³/mol. The molecule has 1 amide bonds. The molecule has 2 rings (SSSR count). The second kappa shape index (κ2) is 8.78. The van der Waals surface area contributed by atoms with Gasteiger partial charge in [-0.25, -0.2) is 13.1 Å². The summed E-state index contributed by atoms with van der Waals surface area (Å²) in [7, 11) is -3.67. The number of hydrogen-bond donors (Lipinski definition) is 1. The Morgan fingerprint density at radius 1 is 1.19 bits per heavy atom. The van der Waals surface area contributed by atoms with Crippen molar-refractivity contribution in [2.75, 3.05) is 13.1 Å². The molecular formula is C20H24N2O3S. The van der Waals surface area contributed by atoms with E-state index >= 15 is 0 Å². The van der Waals surface area contributed by atoms with Crippen molar-refractivity contribution in [3.8, 4) is 0 Å². The summed E-state index contributed by atoms with van der Waals surface area (Å²) in [5.74, 6) is -0.198. The van der Waals surface area contributed by atoms with E-state index in [4.69, 9.17) is 0 Å². The van der Waals surface area contributed by atoms with E-state index in [2.05, 4.69) is 11.3 Å². The van der Waals surface area contributed by atoms with Crippen molar-refractivity contribution in [1.82, 2.24) is 9.62 Å². The standard InChI is InChI=1S/C20H24N2O3S/c1-4-13-21-26(24,25)19-12-8-11-17(14-19)20(23)22(5-2)15-18-10-7-6-9-16(18)3/h4,6-12,14,21H,1,5,13,15H2,2-3H3. The highest BCUT2D eigenvalue weighted by Crippen LogP contribution is 2.16. The van der Waals surface area contributed by atoms with Gasteiger partial charge in [0.25, 0.3) is 5.91 Å². The number of amides is 1. The maximum atomic E-state index is 12.9. The molecular weight excluding hydrogens is 348 g/mol. The second-order valence-electron chi connectivity index (χ2n) is 5.91. The van der Waals surface area contributed by atoms with Crippen molar-refractivity contribution in [3.63, 3.8) is 0 Å². The molecule has 0 fully saturated rings. The summed E-state index contributed by atoms with van der Waals surface area (Å²) >= 11 is 0. The molecule has 0 radical (unpaired) electrons. The average Bonchev–Trinajstić information content (AvgIpc) is 2.65. The largest absolute Gasteiger partial charge is 0.335 e. The van der Waals surface area contributed by atoms with Gasteiger partial charge in [0.15, 0.2) is 0 Å². The molecule has 0 aliphatic carbocycles. The van der Waals surface area contributed by atoms with Gasteiger partial charge < -0.3 is 4.90 Å². The fourth-order valence-electron chi connectivity index (χ4n) is 2.55. The minimum absolute atomic E-state index is 0.0668. The quantitative estimate of drug-likeness (QED) is 0.724. The van der Waals surface area contributed by atoms with Crippen LogP contribution in [-0.4, -0.2) is 32.3 Å². The number of nitrogens with one attached hydrogen (secondary N) is 1. The molecule has 5 nitrogen and oxygen atoms in total. The lowest BCUT2D eigenvalue weighted by Crippen LogP contribution is -2.31. The van der Waals surface area contributed by atoms with Crippen molar-refractivity contribution in [2.24, 2.45) is 0 Å². The summed E-state index contributed by atoms with van der Waals surface area (Å²) in [5.41, 5.74) is 2.53. The smallest absolute Gasteiger partial charge is 0.254 e. The zero-order valence-corrected chi connectivity index (χ0v) is 15.9. The Labute approximate surface area is 155 Å². The summed E-state index contributed by atoms with van der Waals surface area (Å²) < 4.78 is 26.9. The van der Waals surface area contributed by atoms with Gasteiger partial charge in [0.05, 0.1) is 4.90 Å². The Balaban J connectivity index is 2.26. The lowest BCUT2D eigenvalue weighted by atomic mass is 10.1. The van der Waals surface area contributed by atoms with Gasteiger partial charge in [0.1, 0.15) is 0 Å². The van der Waals surface area contributed by atoms with Crippen molar-refractivity contribution >= 4 is 15.9 Å². The van der Waals surface area contributed by atoms with Crippen LogP contribution in [0.15, 0.2) is 66.1 Å². The summed E-state index contributed by atoms with van der Waals surface area (Å²) in [5, 5.41) is 0. The summed E-state index contributed by atoms with van der Waals surface area (Å²) in [6.45, 7) is 8.55. The zero-order valence-electron chi connectivity index (χ0n) is 15.1. The fourth-order valence-corrected chi connectivity index (χ4v) is 3.59. The van der Waals surface area contributed by atoms with Crippen molar-refractivity contribution in [1.29, 1.82) is 0 Å². The first kappa shape index (κ1) is 19.9. The number of aryl methyl sites for hydroxylation is 1. The maximum absolute atomic E-state index is 12.9. The lowest BCUT2D eigenvalue weighted by molar-refractivity contribution is 0.0752. The Kier molecular flexibility index (Phi) is 6.71. The molecule has 2 aromatic carbocycles. The van der Waals surface area contributed by atoms with E-state index in [1.165, 1.54) is 18.2 Å². The molecule has 2 aromatic rings. The topological polar surface area (TPSA) is 66.5 Å². The first-order valence-corrected chi connectivity index (χ1v) is 9.91. The van der Waals surface area contributed by atoms with Crippen LogP contribution in [-0.2, 0) is 16.6 Å². The number of sulfonamides is 1. The van der Waals surface area contributed by atoms with Crippen LogP contribution < -0.4 is 4.72 Å². The first-order valence-electron chi connectivity index (χ1n) is 8.43. The van der Waals surface area contributed by atoms with Gasteiger partial charge >= 0.3 is 0 Å². The molecule has 0 saturated carbocycles. The normalized spacial score (nSPS) is 11.2. The molecule has 0 spiro atoms. The zero-order chi connectivity index (χ0) is 19.2. The monoisotopic (exact) mass is 372 g/mol. The summed E-state index contributed by atoms with van der Waals surface area (Å²) in [6.07, 6.45) is 1.47. The highest BCUT2D eigenvalue weighted by molar-refractivity contribution is 7.89. The number of nitrogens with zero attached hydrogens (tertiary/aromatic N) is 1. The van der Waals surface area contributed by atoms with E-state index in [1.807, 2.05) is 38.1 Å². The first-order chi connectivity index (χ1) is 12.4. The van der Waals surface area contributed by atoms with Crippen LogP contribution in [0.3, 0.4) is 0 Å². The van der Waals surface area contributed by atoms with Crippen LogP contribution in [0.1, 0.15) is 28.4 Å². The van der Waals surface area contributed by atoms with Crippen molar-refractivity contribution < 1.29 is 13.2 Å². The molecule has 0 heterocycles. The molecule has 0 aliphatic heterocycles. The van der Waals surface area contributed by atoms with Gasteiger partial charge in [-0.1, -0.05) is 36.4 Å². The molecule has 6 heteroatoms. The second-order valence-corrected chi connectivity index (χ2v) is 7.68. The maximum Gasteiger partial charge on any atom is 0.254 e. The SMILES string of the molecule is C=CCNS(=O)(=O)c1cccc(C(=O)N(CC)Cc2ccccc2C)c1. The van der Waals surface area contributed by atoms with Gasteiger partial charge in [0, 0.05) is 25.2 Å².